The average Bonchev–Trinajstić information content (AvgIpc) is 2.61. The summed E-state index contributed by atoms with van der Waals surface area (Å²) >= 11 is 0. The minimum atomic E-state index is 0. The van der Waals surface area contributed by atoms with E-state index < -0.39 is 0 Å². The zero-order valence-electron chi connectivity index (χ0n) is 13.2. The highest BCUT2D eigenvalue weighted by Crippen LogP contribution is 2.22. The van der Waals surface area contributed by atoms with E-state index in [1.807, 2.05) is 24.3 Å². The molecule has 3 N–H and O–H groups in total. The van der Waals surface area contributed by atoms with E-state index in [2.05, 4.69) is 32.3 Å². The van der Waals surface area contributed by atoms with Crippen LogP contribution in [0.5, 0.6) is 0 Å². The number of hydrogen-bond acceptors (Lipinski definition) is 5. The third kappa shape index (κ3) is 4.81. The van der Waals surface area contributed by atoms with E-state index in [9.17, 15) is 0 Å². The first-order chi connectivity index (χ1) is 10.8. The predicted octanol–water partition coefficient (Wildman–Crippen LogP) is 2.69. The second-order valence-electron chi connectivity index (χ2n) is 5.79. The molecule has 1 aromatic carbocycles. The molecule has 124 valence electrons. The zero-order valence-corrected chi connectivity index (χ0v) is 14.0. The molecule has 0 spiro atoms. The van der Waals surface area contributed by atoms with E-state index in [1.165, 1.54) is 18.4 Å². The summed E-state index contributed by atoms with van der Waals surface area (Å²) in [7, 11) is 0. The van der Waals surface area contributed by atoms with E-state index in [-0.39, 0.29) is 12.4 Å². The van der Waals surface area contributed by atoms with Gasteiger partial charge in [-0.25, -0.2) is 9.97 Å². The van der Waals surface area contributed by atoms with Gasteiger partial charge < -0.3 is 16.0 Å². The summed E-state index contributed by atoms with van der Waals surface area (Å²) in [5, 5.41) is 3.36. The maximum atomic E-state index is 5.81. The summed E-state index contributed by atoms with van der Waals surface area (Å²) in [4.78, 5) is 11.1. The van der Waals surface area contributed by atoms with Crippen LogP contribution in [0.25, 0.3) is 0 Å². The number of rotatable bonds is 5. The first-order valence-corrected chi connectivity index (χ1v) is 7.90. The third-order valence-electron chi connectivity index (χ3n) is 4.15. The summed E-state index contributed by atoms with van der Waals surface area (Å²) in [5.74, 6) is 2.43. The lowest BCUT2D eigenvalue weighted by Gasteiger charge is -2.33. The lowest BCUT2D eigenvalue weighted by Crippen LogP contribution is -2.38. The second kappa shape index (κ2) is 8.70. The Kier molecular flexibility index (Phi) is 6.62. The fourth-order valence-electron chi connectivity index (χ4n) is 2.87. The quantitative estimate of drug-likeness (QED) is 0.880. The Morgan fingerprint density at radius 1 is 1.22 bits per heavy atom. The second-order valence-corrected chi connectivity index (χ2v) is 5.79. The van der Waals surface area contributed by atoms with E-state index in [1.54, 1.807) is 6.33 Å². The summed E-state index contributed by atoms with van der Waals surface area (Å²) in [6, 6.07) is 12.3. The van der Waals surface area contributed by atoms with Gasteiger partial charge in [0, 0.05) is 25.7 Å². The summed E-state index contributed by atoms with van der Waals surface area (Å²) in [6.07, 6.45) is 4.03. The molecule has 1 fully saturated rings. The van der Waals surface area contributed by atoms with Gasteiger partial charge in [-0.2, -0.15) is 0 Å². The standard InChI is InChI=1S/C17H23N5.ClH/c18-10-15-7-4-8-22(12-15)17-9-16(20-13-21-17)19-11-14-5-2-1-3-6-14;/h1-3,5-6,9,13,15H,4,7-8,10-12,18H2,(H,19,20,21);1H. The molecule has 1 atom stereocenters. The molecule has 1 saturated heterocycles. The Morgan fingerprint density at radius 3 is 2.83 bits per heavy atom. The molecule has 5 nitrogen and oxygen atoms in total. The van der Waals surface area contributed by atoms with Crippen LogP contribution in [0, 0.1) is 5.92 Å². The number of anilines is 2. The average molecular weight is 334 g/mol. The molecular formula is C17H24ClN5. The molecule has 1 aliphatic rings. The monoisotopic (exact) mass is 333 g/mol. The van der Waals surface area contributed by atoms with Crippen LogP contribution in [-0.4, -0.2) is 29.6 Å². The van der Waals surface area contributed by atoms with Gasteiger partial charge in [-0.15, -0.1) is 12.4 Å². The topological polar surface area (TPSA) is 67.1 Å². The Bertz CT molecular complexity index is 593. The van der Waals surface area contributed by atoms with Gasteiger partial charge in [0.05, 0.1) is 0 Å². The number of hydrogen-bond donors (Lipinski definition) is 2. The van der Waals surface area contributed by atoms with Gasteiger partial charge in [0.1, 0.15) is 18.0 Å². The van der Waals surface area contributed by atoms with Crippen LogP contribution in [0.3, 0.4) is 0 Å². The van der Waals surface area contributed by atoms with Crippen molar-refractivity contribution in [2.75, 3.05) is 29.9 Å². The number of halogens is 1. The molecule has 1 aliphatic heterocycles. The highest BCUT2D eigenvalue weighted by molar-refractivity contribution is 5.85. The van der Waals surface area contributed by atoms with Crippen molar-refractivity contribution in [1.82, 2.24) is 9.97 Å². The fourth-order valence-corrected chi connectivity index (χ4v) is 2.87. The van der Waals surface area contributed by atoms with Gasteiger partial charge in [0.2, 0.25) is 0 Å². The van der Waals surface area contributed by atoms with Crippen LogP contribution in [-0.2, 0) is 6.54 Å². The summed E-state index contributed by atoms with van der Waals surface area (Å²) in [5.41, 5.74) is 7.05. The minimum Gasteiger partial charge on any atom is -0.366 e. The predicted molar refractivity (Wildman–Crippen MR) is 97.0 cm³/mol. The molecular weight excluding hydrogens is 310 g/mol. The van der Waals surface area contributed by atoms with Gasteiger partial charge in [0.15, 0.2) is 0 Å². The van der Waals surface area contributed by atoms with Gasteiger partial charge >= 0.3 is 0 Å². The number of benzene rings is 1. The van der Waals surface area contributed by atoms with E-state index >= 15 is 0 Å². The van der Waals surface area contributed by atoms with Crippen molar-refractivity contribution in [2.24, 2.45) is 11.7 Å². The lowest BCUT2D eigenvalue weighted by molar-refractivity contribution is 0.421. The van der Waals surface area contributed by atoms with Crippen molar-refractivity contribution < 1.29 is 0 Å². The maximum Gasteiger partial charge on any atom is 0.134 e. The molecule has 1 aromatic heterocycles. The van der Waals surface area contributed by atoms with Crippen LogP contribution in [0.2, 0.25) is 0 Å². The zero-order chi connectivity index (χ0) is 15.2. The first kappa shape index (κ1) is 17.5. The fraction of sp³-hybridized carbons (Fsp3) is 0.412. The molecule has 0 aliphatic carbocycles. The number of nitrogens with two attached hydrogens (primary N) is 1. The number of piperidine rings is 1. The van der Waals surface area contributed by atoms with E-state index in [0.29, 0.717) is 5.92 Å². The molecule has 1 unspecified atom stereocenters. The van der Waals surface area contributed by atoms with E-state index in [0.717, 1.165) is 37.8 Å². The molecule has 0 radical (unpaired) electrons. The molecule has 0 amide bonds. The SMILES string of the molecule is Cl.NCC1CCCN(c2cc(NCc3ccccc3)ncn2)C1. The highest BCUT2D eigenvalue weighted by atomic mass is 35.5. The summed E-state index contributed by atoms with van der Waals surface area (Å²) < 4.78 is 0. The molecule has 2 heterocycles. The molecule has 6 heteroatoms. The first-order valence-electron chi connectivity index (χ1n) is 7.90. The van der Waals surface area contributed by atoms with Crippen LogP contribution in [0.1, 0.15) is 18.4 Å². The van der Waals surface area contributed by atoms with Gasteiger partial charge in [-0.1, -0.05) is 30.3 Å². The van der Waals surface area contributed by atoms with Crippen molar-refractivity contribution in [2.45, 2.75) is 19.4 Å². The smallest absolute Gasteiger partial charge is 0.134 e. The lowest BCUT2D eigenvalue weighted by atomic mass is 9.98. The largest absolute Gasteiger partial charge is 0.366 e. The number of nitrogens with zero attached hydrogens (tertiary/aromatic N) is 3. The van der Waals surface area contributed by atoms with Crippen molar-refractivity contribution in [1.29, 1.82) is 0 Å². The Hall–Kier alpha value is -1.85. The minimum absolute atomic E-state index is 0. The molecule has 0 bridgehead atoms. The van der Waals surface area contributed by atoms with Crippen molar-refractivity contribution in [3.63, 3.8) is 0 Å². The Balaban J connectivity index is 0.00000192. The van der Waals surface area contributed by atoms with Gasteiger partial charge in [-0.3, -0.25) is 0 Å². The number of nitrogens with one attached hydrogen (secondary N) is 1. The van der Waals surface area contributed by atoms with Gasteiger partial charge in [-0.05, 0) is 30.9 Å². The molecule has 0 saturated carbocycles. The Morgan fingerprint density at radius 2 is 2.04 bits per heavy atom. The van der Waals surface area contributed by atoms with Crippen LogP contribution in [0.15, 0.2) is 42.7 Å². The van der Waals surface area contributed by atoms with Crippen LogP contribution >= 0.6 is 12.4 Å². The molecule has 23 heavy (non-hydrogen) atoms. The van der Waals surface area contributed by atoms with Crippen molar-refractivity contribution in [3.8, 4) is 0 Å². The van der Waals surface area contributed by atoms with Gasteiger partial charge in [0.25, 0.3) is 0 Å². The van der Waals surface area contributed by atoms with E-state index in [4.69, 9.17) is 5.73 Å². The third-order valence-corrected chi connectivity index (χ3v) is 4.15. The Labute approximate surface area is 143 Å². The highest BCUT2D eigenvalue weighted by Gasteiger charge is 2.20. The summed E-state index contributed by atoms with van der Waals surface area (Å²) in [6.45, 7) is 3.56. The maximum absolute atomic E-state index is 5.81. The molecule has 2 aromatic rings. The van der Waals surface area contributed by atoms with Crippen molar-refractivity contribution in [3.05, 3.63) is 48.3 Å². The number of aromatic nitrogens is 2. The van der Waals surface area contributed by atoms with Crippen LogP contribution < -0.4 is 16.0 Å². The molecule has 3 rings (SSSR count). The van der Waals surface area contributed by atoms with Crippen LogP contribution in [0.4, 0.5) is 11.6 Å². The van der Waals surface area contributed by atoms with Crippen molar-refractivity contribution >= 4 is 24.0 Å². The normalized spacial score (nSPS) is 17.4.